The smallest absolute Gasteiger partial charge is 0.305 e. The first-order valence-corrected chi connectivity index (χ1v) is 7.10. The van der Waals surface area contributed by atoms with E-state index in [2.05, 4.69) is 20.9 Å². The molecule has 1 aromatic carbocycles. The van der Waals surface area contributed by atoms with Gasteiger partial charge in [-0.25, -0.2) is 0 Å². The summed E-state index contributed by atoms with van der Waals surface area (Å²) in [5.41, 5.74) is 1.32. The lowest BCUT2D eigenvalue weighted by atomic mass is 10.2. The van der Waals surface area contributed by atoms with Crippen LogP contribution in [-0.2, 0) is 4.79 Å². The van der Waals surface area contributed by atoms with Gasteiger partial charge in [0.15, 0.2) is 5.58 Å². The fourth-order valence-corrected chi connectivity index (χ4v) is 2.67. The fraction of sp³-hybridized carbons (Fsp3) is 0.333. The zero-order chi connectivity index (χ0) is 12.7. The van der Waals surface area contributed by atoms with E-state index in [0.717, 1.165) is 5.33 Å². The second-order valence-corrected chi connectivity index (χ2v) is 5.42. The number of alkyl halides is 1. The number of aromatic nitrogens is 1. The van der Waals surface area contributed by atoms with Gasteiger partial charge >= 0.3 is 6.01 Å². The van der Waals surface area contributed by atoms with Gasteiger partial charge in [-0.15, -0.1) is 0 Å². The molecule has 0 N–H and O–H groups in total. The number of amides is 1. The van der Waals surface area contributed by atoms with Crippen LogP contribution in [0.2, 0.25) is 5.02 Å². The van der Waals surface area contributed by atoms with Crippen molar-refractivity contribution in [3.05, 3.63) is 23.2 Å². The number of oxazole rings is 1. The predicted octanol–water partition coefficient (Wildman–Crippen LogP) is 3.23. The molecule has 0 radical (unpaired) electrons. The van der Waals surface area contributed by atoms with E-state index in [9.17, 15) is 4.79 Å². The molecule has 1 aliphatic heterocycles. The SMILES string of the molecule is O=C1CC(CBr)CN1c1nc2cc(Cl)ccc2o1. The van der Waals surface area contributed by atoms with Gasteiger partial charge in [-0.05, 0) is 24.1 Å². The van der Waals surface area contributed by atoms with E-state index in [-0.39, 0.29) is 5.91 Å². The summed E-state index contributed by atoms with van der Waals surface area (Å²) in [7, 11) is 0. The minimum atomic E-state index is 0.0529. The van der Waals surface area contributed by atoms with E-state index in [1.165, 1.54) is 0 Å². The second-order valence-electron chi connectivity index (χ2n) is 4.34. The number of carbonyl (C=O) groups excluding carboxylic acids is 1. The van der Waals surface area contributed by atoms with Gasteiger partial charge in [-0.1, -0.05) is 27.5 Å². The maximum atomic E-state index is 11.9. The highest BCUT2D eigenvalue weighted by atomic mass is 79.9. The van der Waals surface area contributed by atoms with Gasteiger partial charge in [-0.3, -0.25) is 9.69 Å². The summed E-state index contributed by atoms with van der Waals surface area (Å²) < 4.78 is 5.59. The molecule has 1 unspecified atom stereocenters. The van der Waals surface area contributed by atoms with Crippen molar-refractivity contribution in [2.24, 2.45) is 5.92 Å². The Kier molecular flexibility index (Phi) is 3.03. The van der Waals surface area contributed by atoms with E-state index >= 15 is 0 Å². The summed E-state index contributed by atoms with van der Waals surface area (Å²) in [5, 5.41) is 1.41. The third-order valence-corrected chi connectivity index (χ3v) is 4.14. The lowest BCUT2D eigenvalue weighted by Crippen LogP contribution is -2.24. The largest absolute Gasteiger partial charge is 0.423 e. The van der Waals surface area contributed by atoms with E-state index < -0.39 is 0 Å². The molecule has 1 saturated heterocycles. The minimum absolute atomic E-state index is 0.0529. The van der Waals surface area contributed by atoms with Crippen molar-refractivity contribution in [1.82, 2.24) is 4.98 Å². The molecular weight excluding hydrogens is 320 g/mol. The molecule has 1 aliphatic rings. The van der Waals surface area contributed by atoms with Crippen molar-refractivity contribution >= 4 is 50.6 Å². The monoisotopic (exact) mass is 328 g/mol. The Hall–Kier alpha value is -1.07. The molecule has 1 atom stereocenters. The number of halogens is 2. The van der Waals surface area contributed by atoms with Crippen LogP contribution < -0.4 is 4.90 Å². The van der Waals surface area contributed by atoms with Crippen molar-refractivity contribution in [2.75, 3.05) is 16.8 Å². The number of hydrogen-bond donors (Lipinski definition) is 0. The minimum Gasteiger partial charge on any atom is -0.423 e. The zero-order valence-electron chi connectivity index (χ0n) is 9.40. The standard InChI is InChI=1S/C12H10BrClN2O2/c13-5-7-3-11(17)16(6-7)12-15-9-4-8(14)1-2-10(9)18-12/h1-2,4,7H,3,5-6H2. The van der Waals surface area contributed by atoms with Crippen molar-refractivity contribution in [3.63, 3.8) is 0 Å². The van der Waals surface area contributed by atoms with Crippen molar-refractivity contribution in [1.29, 1.82) is 0 Å². The lowest BCUT2D eigenvalue weighted by molar-refractivity contribution is -0.117. The Morgan fingerprint density at radius 1 is 1.56 bits per heavy atom. The summed E-state index contributed by atoms with van der Waals surface area (Å²) in [6, 6.07) is 5.59. The average Bonchev–Trinajstić information content (AvgIpc) is 2.91. The summed E-state index contributed by atoms with van der Waals surface area (Å²) in [4.78, 5) is 17.8. The summed E-state index contributed by atoms with van der Waals surface area (Å²) >= 11 is 9.29. The number of fused-ring (bicyclic) bond motifs is 1. The Labute approximate surface area is 117 Å². The molecule has 3 rings (SSSR count). The molecule has 2 heterocycles. The molecule has 0 spiro atoms. The lowest BCUT2D eigenvalue weighted by Gasteiger charge is -2.10. The first kappa shape index (κ1) is 12.0. The third-order valence-electron chi connectivity index (χ3n) is 2.99. The van der Waals surface area contributed by atoms with Crippen LogP contribution in [0, 0.1) is 5.92 Å². The highest BCUT2D eigenvalue weighted by Gasteiger charge is 2.32. The van der Waals surface area contributed by atoms with Gasteiger partial charge in [0.25, 0.3) is 0 Å². The Balaban J connectivity index is 1.97. The molecule has 0 aliphatic carbocycles. The van der Waals surface area contributed by atoms with Crippen LogP contribution in [-0.4, -0.2) is 22.8 Å². The normalized spacial score (nSPS) is 20.0. The number of benzene rings is 1. The van der Waals surface area contributed by atoms with Crippen molar-refractivity contribution in [2.45, 2.75) is 6.42 Å². The topological polar surface area (TPSA) is 46.3 Å². The molecule has 1 fully saturated rings. The van der Waals surface area contributed by atoms with Gasteiger partial charge in [0.2, 0.25) is 5.91 Å². The van der Waals surface area contributed by atoms with Crippen LogP contribution in [0.25, 0.3) is 11.1 Å². The molecule has 1 aromatic heterocycles. The van der Waals surface area contributed by atoms with Gasteiger partial charge in [-0.2, -0.15) is 4.98 Å². The molecule has 18 heavy (non-hydrogen) atoms. The second kappa shape index (κ2) is 4.55. The molecule has 2 aromatic rings. The highest BCUT2D eigenvalue weighted by molar-refractivity contribution is 9.09. The van der Waals surface area contributed by atoms with Gasteiger partial charge in [0.05, 0.1) is 0 Å². The van der Waals surface area contributed by atoms with E-state index in [4.69, 9.17) is 16.0 Å². The van der Waals surface area contributed by atoms with Crippen LogP contribution in [0.3, 0.4) is 0 Å². The first-order valence-electron chi connectivity index (χ1n) is 5.60. The summed E-state index contributed by atoms with van der Waals surface area (Å²) in [6.45, 7) is 0.643. The van der Waals surface area contributed by atoms with Crippen LogP contribution in [0.5, 0.6) is 0 Å². The van der Waals surface area contributed by atoms with Crippen LogP contribution in [0.4, 0.5) is 6.01 Å². The molecule has 94 valence electrons. The molecule has 6 heteroatoms. The van der Waals surface area contributed by atoms with E-state index in [0.29, 0.717) is 41.0 Å². The Bertz CT molecular complexity index is 613. The van der Waals surface area contributed by atoms with E-state index in [1.807, 2.05) is 0 Å². The van der Waals surface area contributed by atoms with Gasteiger partial charge in [0, 0.05) is 23.3 Å². The molecular formula is C12H10BrClN2O2. The average molecular weight is 330 g/mol. The van der Waals surface area contributed by atoms with Crippen molar-refractivity contribution in [3.8, 4) is 0 Å². The van der Waals surface area contributed by atoms with Crippen molar-refractivity contribution < 1.29 is 9.21 Å². The van der Waals surface area contributed by atoms with Gasteiger partial charge in [0.1, 0.15) is 5.52 Å². The molecule has 0 saturated carbocycles. The third kappa shape index (κ3) is 2.01. The number of hydrogen-bond acceptors (Lipinski definition) is 3. The van der Waals surface area contributed by atoms with Crippen LogP contribution >= 0.6 is 27.5 Å². The Morgan fingerprint density at radius 2 is 2.39 bits per heavy atom. The quantitative estimate of drug-likeness (QED) is 0.795. The van der Waals surface area contributed by atoms with Crippen LogP contribution in [0.1, 0.15) is 6.42 Å². The maximum Gasteiger partial charge on any atom is 0.305 e. The molecule has 4 nitrogen and oxygen atoms in total. The predicted molar refractivity (Wildman–Crippen MR) is 73.3 cm³/mol. The highest BCUT2D eigenvalue weighted by Crippen LogP contribution is 2.29. The fourth-order valence-electron chi connectivity index (χ4n) is 2.07. The molecule has 1 amide bonds. The number of nitrogens with zero attached hydrogens (tertiary/aromatic N) is 2. The Morgan fingerprint density at radius 3 is 3.11 bits per heavy atom. The summed E-state index contributed by atoms with van der Waals surface area (Å²) in [5.74, 6) is 0.369. The van der Waals surface area contributed by atoms with Crippen LogP contribution in [0.15, 0.2) is 22.6 Å². The maximum absolute atomic E-state index is 11.9. The zero-order valence-corrected chi connectivity index (χ0v) is 11.7. The molecule has 0 bridgehead atoms. The van der Waals surface area contributed by atoms with E-state index in [1.54, 1.807) is 23.1 Å². The first-order chi connectivity index (χ1) is 8.67. The number of rotatable bonds is 2. The van der Waals surface area contributed by atoms with Gasteiger partial charge < -0.3 is 4.42 Å². The number of carbonyl (C=O) groups is 1. The number of anilines is 1. The summed E-state index contributed by atoms with van der Waals surface area (Å²) in [6.07, 6.45) is 0.532.